The van der Waals surface area contributed by atoms with E-state index in [4.69, 9.17) is 28.5 Å². The van der Waals surface area contributed by atoms with Gasteiger partial charge in [0.05, 0.1) is 36.6 Å². The minimum Gasteiger partial charge on any atom is -0.462 e. The molecule has 2 unspecified atom stereocenters. The van der Waals surface area contributed by atoms with E-state index in [1.807, 2.05) is 0 Å². The van der Waals surface area contributed by atoms with Gasteiger partial charge < -0.3 is 44.5 Å². The predicted octanol–water partition coefficient (Wildman–Crippen LogP) is 10.6. The molecule has 1 heterocycles. The second-order valence-corrected chi connectivity index (χ2v) is 25.6. The van der Waals surface area contributed by atoms with Crippen LogP contribution < -0.4 is 21.3 Å². The van der Waals surface area contributed by atoms with Gasteiger partial charge in [0, 0.05) is 71.1 Å². The molecule has 0 aromatic heterocycles. The third-order valence-electron chi connectivity index (χ3n) is 14.1. The topological polar surface area (TPSA) is 290 Å². The summed E-state index contributed by atoms with van der Waals surface area (Å²) < 4.78 is 45.1. The molecule has 488 valence electrons. The van der Waals surface area contributed by atoms with Crippen LogP contribution in [0.4, 0.5) is 0 Å². The molecule has 1 aliphatic rings. The van der Waals surface area contributed by atoms with Crippen LogP contribution in [-0.4, -0.2) is 153 Å². The number of ether oxygens (including phenoxy) is 3. The summed E-state index contributed by atoms with van der Waals surface area (Å²) in [6, 6.07) is -1.03. The van der Waals surface area contributed by atoms with Gasteiger partial charge in [0.15, 0.2) is 6.10 Å². The number of imide groups is 1. The number of rotatable bonds is 59. The van der Waals surface area contributed by atoms with Crippen molar-refractivity contribution in [3.63, 3.8) is 0 Å². The van der Waals surface area contributed by atoms with E-state index >= 15 is 0 Å². The maximum atomic E-state index is 13.2. The van der Waals surface area contributed by atoms with Crippen molar-refractivity contribution in [2.24, 2.45) is 0 Å². The number of nitrogens with one attached hydrogen (secondary N) is 4. The minimum atomic E-state index is -3.71. The van der Waals surface area contributed by atoms with Crippen LogP contribution in [0.2, 0.25) is 0 Å². The van der Waals surface area contributed by atoms with Gasteiger partial charge in [-0.3, -0.25) is 47.8 Å². The van der Waals surface area contributed by atoms with Gasteiger partial charge in [-0.15, -0.1) is 16.1 Å². The van der Waals surface area contributed by atoms with Gasteiger partial charge in [-0.1, -0.05) is 199 Å². The van der Waals surface area contributed by atoms with Crippen molar-refractivity contribution in [2.45, 2.75) is 250 Å². The van der Waals surface area contributed by atoms with Gasteiger partial charge in [-0.25, -0.2) is 5.26 Å². The normalized spacial score (nSPS) is 14.7. The third-order valence-corrected chi connectivity index (χ3v) is 17.2. The van der Waals surface area contributed by atoms with Crippen molar-refractivity contribution in [3.8, 4) is 0 Å². The van der Waals surface area contributed by atoms with Crippen LogP contribution in [0, 0.1) is 0 Å². The Balaban J connectivity index is 2.42. The van der Waals surface area contributed by atoms with Gasteiger partial charge in [-0.2, -0.15) is 0 Å². The lowest BCUT2D eigenvalue weighted by molar-refractivity contribution is -0.432. The molecule has 4 atom stereocenters. The van der Waals surface area contributed by atoms with Crippen molar-refractivity contribution in [1.82, 2.24) is 26.2 Å². The quantitative estimate of drug-likeness (QED) is 0.00719. The summed E-state index contributed by atoms with van der Waals surface area (Å²) in [6.07, 6.45) is 35.5. The van der Waals surface area contributed by atoms with Crippen LogP contribution >= 0.6 is 31.4 Å². The fourth-order valence-electron chi connectivity index (χ4n) is 9.24. The predicted molar refractivity (Wildman–Crippen MR) is 328 cm³/mol. The van der Waals surface area contributed by atoms with Crippen molar-refractivity contribution in [3.05, 3.63) is 0 Å². The van der Waals surface area contributed by atoms with Crippen LogP contribution in [-0.2, 0) is 75.6 Å². The number of likely N-dealkylation sites (tertiary alicyclic amines) is 1. The molecule has 0 aromatic carbocycles. The summed E-state index contributed by atoms with van der Waals surface area (Å²) in [5, 5.41) is 20.9. The first-order valence-corrected chi connectivity index (χ1v) is 35.5. The molecule has 25 heteroatoms. The molecule has 1 fully saturated rings. The molecule has 5 N–H and O–H groups in total. The second kappa shape index (κ2) is 53.9. The number of thioether (sulfide) groups is 1. The fourth-order valence-corrected chi connectivity index (χ4v) is 11.6. The number of amides is 6. The van der Waals surface area contributed by atoms with Gasteiger partial charge in [0.2, 0.25) is 35.4 Å². The van der Waals surface area contributed by atoms with E-state index < -0.39 is 72.4 Å². The number of esters is 2. The van der Waals surface area contributed by atoms with Crippen LogP contribution in [0.3, 0.4) is 0 Å². The first kappa shape index (κ1) is 78.7. The maximum Gasteiger partial charge on any atom is 0.327 e. The van der Waals surface area contributed by atoms with Crippen LogP contribution in [0.25, 0.3) is 0 Å². The molecule has 0 saturated carbocycles. The standard InChI is InChI=1S/C59H108N5O17PS2/c1-5-7-9-11-13-15-17-19-21-23-25-27-29-31-33-35-56(69)76-44-49(79-57(70)36-34-32-30-28-26-24-22-20-18-16-14-12-10-8-6-2)45-78-82(4,74)77-42-39-62-53(66)46-75-41-38-61-52(65)37-40-64-55(68)43-51(59(64)72)83-48-54(67)63-50(58(71)60-3)47-84-81-80-73/h49-51,73H,5-48H2,1-4H3,(H,60,71)(H,61,65)(H,62,66)(H,63,67)/t49-,50+,51?,82?/m1/s1. The van der Waals surface area contributed by atoms with E-state index in [9.17, 15) is 42.9 Å². The van der Waals surface area contributed by atoms with E-state index in [2.05, 4.69) is 44.5 Å². The average Bonchev–Trinajstić information content (AvgIpc) is 3.88. The van der Waals surface area contributed by atoms with E-state index in [0.717, 1.165) is 55.2 Å². The molecule has 1 aliphatic heterocycles. The Bertz CT molecular complexity index is 1840. The monoisotopic (exact) mass is 1250 g/mol. The van der Waals surface area contributed by atoms with E-state index in [1.54, 1.807) is 0 Å². The SMILES string of the molecule is CCCCCCCCCCCCCCCCCC(=O)OC[C@H](COP(C)(=O)OCCNC(=O)COCCNC(=O)CCN1C(=O)CC(SCC(=O)N[C@@H](CSOOO)C(=O)NC)C1=O)OC(=O)CCCCCCCCCCCCCCCCC. The zero-order valence-corrected chi connectivity index (χ0v) is 54.1. The lowest BCUT2D eigenvalue weighted by Gasteiger charge is -2.21. The maximum absolute atomic E-state index is 13.2. The number of hydrogen-bond donors (Lipinski definition) is 5. The Morgan fingerprint density at radius 1 is 0.631 bits per heavy atom. The van der Waals surface area contributed by atoms with Crippen LogP contribution in [0.1, 0.15) is 232 Å². The zero-order valence-electron chi connectivity index (χ0n) is 51.5. The number of carbonyl (C=O) groups excluding carboxylic acids is 8. The highest BCUT2D eigenvalue weighted by Crippen LogP contribution is 2.43. The van der Waals surface area contributed by atoms with Crippen LogP contribution in [0.5, 0.6) is 0 Å². The number of nitrogens with zero attached hydrogens (tertiary/aromatic N) is 1. The molecule has 0 bridgehead atoms. The van der Waals surface area contributed by atoms with Crippen molar-refractivity contribution in [2.75, 3.05) is 77.9 Å². The number of hydrogen-bond acceptors (Lipinski definition) is 19. The highest BCUT2D eigenvalue weighted by molar-refractivity contribution is 8.01. The number of likely N-dealkylation sites (N-methyl/N-ethyl adjacent to an activating group) is 1. The average molecular weight is 1250 g/mol. The summed E-state index contributed by atoms with van der Waals surface area (Å²) in [5.41, 5.74) is 0. The molecule has 0 radical (unpaired) electrons. The molecule has 1 saturated heterocycles. The van der Waals surface area contributed by atoms with Crippen molar-refractivity contribution >= 4 is 78.8 Å². The molecule has 22 nitrogen and oxygen atoms in total. The van der Waals surface area contributed by atoms with Gasteiger partial charge in [0.1, 0.15) is 19.3 Å². The van der Waals surface area contributed by atoms with E-state index in [0.29, 0.717) is 24.9 Å². The summed E-state index contributed by atoms with van der Waals surface area (Å²) in [5.74, 6) is -4.32. The molecule has 0 spiro atoms. The Kier molecular flexibility index (Phi) is 50.4. The van der Waals surface area contributed by atoms with Crippen molar-refractivity contribution < 1.29 is 80.8 Å². The molecular weight excluding hydrogens is 1150 g/mol. The molecule has 84 heavy (non-hydrogen) atoms. The summed E-state index contributed by atoms with van der Waals surface area (Å²) in [7, 11) is -2.34. The number of carbonyl (C=O) groups is 8. The van der Waals surface area contributed by atoms with Gasteiger partial charge in [-0.05, 0) is 12.8 Å². The van der Waals surface area contributed by atoms with E-state index in [-0.39, 0.29) is 89.9 Å². The van der Waals surface area contributed by atoms with Gasteiger partial charge in [0.25, 0.3) is 0 Å². The minimum absolute atomic E-state index is 0.0300. The summed E-state index contributed by atoms with van der Waals surface area (Å²) in [4.78, 5) is 102. The third kappa shape index (κ3) is 45.0. The zero-order chi connectivity index (χ0) is 61.7. The summed E-state index contributed by atoms with van der Waals surface area (Å²) in [6.45, 7) is 4.42. The molecular formula is C59H108N5O17PS2. The second-order valence-electron chi connectivity index (χ2n) is 21.6. The lowest BCUT2D eigenvalue weighted by Crippen LogP contribution is -2.48. The highest BCUT2D eigenvalue weighted by Gasteiger charge is 2.39. The fraction of sp³-hybridized carbons (Fsp3) is 0.864. The van der Waals surface area contributed by atoms with Gasteiger partial charge >= 0.3 is 19.5 Å². The molecule has 6 amide bonds. The molecule has 0 aliphatic carbocycles. The van der Waals surface area contributed by atoms with E-state index in [1.165, 1.54) is 155 Å². The Labute approximate surface area is 511 Å². The first-order chi connectivity index (χ1) is 40.7. The smallest absolute Gasteiger partial charge is 0.327 e. The Morgan fingerprint density at radius 3 is 1.63 bits per heavy atom. The highest BCUT2D eigenvalue weighted by atomic mass is 32.2. The first-order valence-electron chi connectivity index (χ1n) is 31.5. The Hall–Kier alpha value is -3.35. The summed E-state index contributed by atoms with van der Waals surface area (Å²) >= 11 is 1.49. The largest absolute Gasteiger partial charge is 0.462 e. The molecule has 1 rings (SSSR count). The van der Waals surface area contributed by atoms with Crippen molar-refractivity contribution in [1.29, 1.82) is 0 Å². The lowest BCUT2D eigenvalue weighted by atomic mass is 10.0. The molecule has 0 aromatic rings. The number of unbranched alkanes of at least 4 members (excludes halogenated alkanes) is 28. The Morgan fingerprint density at radius 2 is 1.12 bits per heavy atom. The van der Waals surface area contributed by atoms with Crippen LogP contribution in [0.15, 0.2) is 0 Å².